The highest BCUT2D eigenvalue weighted by atomic mass is 16.5. The van der Waals surface area contributed by atoms with Crippen LogP contribution >= 0.6 is 0 Å². The summed E-state index contributed by atoms with van der Waals surface area (Å²) in [6, 6.07) is 22.5. The lowest BCUT2D eigenvalue weighted by molar-refractivity contribution is -0.142. The van der Waals surface area contributed by atoms with Crippen molar-refractivity contribution in [2.24, 2.45) is 5.92 Å². The lowest BCUT2D eigenvalue weighted by Gasteiger charge is -2.32. The molecule has 2 amide bonds. The van der Waals surface area contributed by atoms with Crippen molar-refractivity contribution in [2.45, 2.75) is 46.7 Å². The summed E-state index contributed by atoms with van der Waals surface area (Å²) in [4.78, 5) is 28.8. The average Bonchev–Trinajstić information content (AvgIpc) is 2.88. The zero-order chi connectivity index (χ0) is 26.8. The molecule has 0 fully saturated rings. The molecule has 0 aliphatic heterocycles. The Balaban J connectivity index is 1.92. The van der Waals surface area contributed by atoms with Crippen molar-refractivity contribution in [2.75, 3.05) is 20.3 Å². The van der Waals surface area contributed by atoms with Gasteiger partial charge in [0.05, 0.1) is 7.11 Å². The lowest BCUT2D eigenvalue weighted by Crippen LogP contribution is -2.52. The lowest BCUT2D eigenvalue weighted by atomic mass is 10.0. The number of nitrogens with zero attached hydrogens (tertiary/aromatic N) is 1. The van der Waals surface area contributed by atoms with Crippen molar-refractivity contribution in [1.29, 1.82) is 0 Å². The molecule has 37 heavy (non-hydrogen) atoms. The maximum atomic E-state index is 13.7. The molecule has 0 saturated heterocycles. The molecule has 3 aromatic carbocycles. The Morgan fingerprint density at radius 3 is 2.19 bits per heavy atom. The van der Waals surface area contributed by atoms with Crippen molar-refractivity contribution >= 4 is 11.8 Å². The van der Waals surface area contributed by atoms with E-state index in [0.29, 0.717) is 24.5 Å². The molecule has 0 aliphatic rings. The molecule has 0 heterocycles. The summed E-state index contributed by atoms with van der Waals surface area (Å²) in [6.45, 7) is 8.68. The number of hydrogen-bond donors (Lipinski definition) is 1. The van der Waals surface area contributed by atoms with Gasteiger partial charge in [-0.15, -0.1) is 0 Å². The third kappa shape index (κ3) is 8.67. The second-order valence-corrected chi connectivity index (χ2v) is 9.83. The summed E-state index contributed by atoms with van der Waals surface area (Å²) in [5.41, 5.74) is 3.97. The van der Waals surface area contributed by atoms with Gasteiger partial charge >= 0.3 is 0 Å². The second kappa shape index (κ2) is 13.5. The van der Waals surface area contributed by atoms with Crippen LogP contribution in [0.3, 0.4) is 0 Å². The van der Waals surface area contributed by atoms with Crippen molar-refractivity contribution in [3.05, 3.63) is 95.1 Å². The number of methoxy groups -OCH3 is 1. The summed E-state index contributed by atoms with van der Waals surface area (Å²) in [5.74, 6) is 1.18. The van der Waals surface area contributed by atoms with Crippen LogP contribution < -0.4 is 14.8 Å². The third-order valence-corrected chi connectivity index (χ3v) is 6.00. The van der Waals surface area contributed by atoms with Crippen LogP contribution in [0.5, 0.6) is 11.5 Å². The van der Waals surface area contributed by atoms with Crippen molar-refractivity contribution in [3.63, 3.8) is 0 Å². The molecule has 3 rings (SSSR count). The maximum Gasteiger partial charge on any atom is 0.261 e. The standard InChI is InChI=1S/C31H38N2O4/c1-22(2)19-32-31(35)29(18-25-10-7-6-8-11-25)33(20-26-12-9-13-27(17-26)36-5)30(34)21-37-28-15-23(3)14-24(4)16-28/h6-17,22,29H,18-21H2,1-5H3,(H,32,35). The van der Waals surface area contributed by atoms with E-state index in [-0.39, 0.29) is 30.9 Å². The van der Waals surface area contributed by atoms with Crippen molar-refractivity contribution in [3.8, 4) is 11.5 Å². The smallest absolute Gasteiger partial charge is 0.261 e. The van der Waals surface area contributed by atoms with Crippen LogP contribution in [0.25, 0.3) is 0 Å². The second-order valence-electron chi connectivity index (χ2n) is 9.83. The van der Waals surface area contributed by atoms with Crippen LogP contribution in [-0.2, 0) is 22.6 Å². The van der Waals surface area contributed by atoms with Gasteiger partial charge in [0.15, 0.2) is 6.61 Å². The Bertz CT molecular complexity index is 1160. The molecule has 0 aromatic heterocycles. The van der Waals surface area contributed by atoms with Gasteiger partial charge in [-0.25, -0.2) is 0 Å². The number of rotatable bonds is 12. The Morgan fingerprint density at radius 2 is 1.54 bits per heavy atom. The van der Waals surface area contributed by atoms with Gasteiger partial charge in [0.1, 0.15) is 17.5 Å². The Kier molecular flexibility index (Phi) is 10.1. The number of hydrogen-bond acceptors (Lipinski definition) is 4. The Hall–Kier alpha value is -3.80. The molecule has 6 heteroatoms. The summed E-state index contributed by atoms with van der Waals surface area (Å²) < 4.78 is 11.3. The van der Waals surface area contributed by atoms with Crippen LogP contribution in [0.4, 0.5) is 0 Å². The first kappa shape index (κ1) is 27.8. The van der Waals surface area contributed by atoms with Gasteiger partial charge in [0.2, 0.25) is 5.91 Å². The van der Waals surface area contributed by atoms with E-state index in [1.165, 1.54) is 0 Å². The molecule has 0 aliphatic carbocycles. The molecule has 3 aromatic rings. The number of ether oxygens (including phenoxy) is 2. The van der Waals surface area contributed by atoms with Gasteiger partial charge in [0, 0.05) is 19.5 Å². The predicted octanol–water partition coefficient (Wildman–Crippen LogP) is 5.10. The van der Waals surface area contributed by atoms with Crippen molar-refractivity contribution in [1.82, 2.24) is 10.2 Å². The van der Waals surface area contributed by atoms with Crippen molar-refractivity contribution < 1.29 is 19.1 Å². The predicted molar refractivity (Wildman–Crippen MR) is 147 cm³/mol. The van der Waals surface area contributed by atoms with Gasteiger partial charge in [-0.2, -0.15) is 0 Å². The highest BCUT2D eigenvalue weighted by Gasteiger charge is 2.31. The molecule has 0 bridgehead atoms. The van der Waals surface area contributed by atoms with E-state index < -0.39 is 6.04 Å². The molecule has 1 atom stereocenters. The van der Waals surface area contributed by atoms with Crippen LogP contribution in [0.1, 0.15) is 36.1 Å². The monoisotopic (exact) mass is 502 g/mol. The van der Waals surface area contributed by atoms with E-state index in [1.807, 2.05) is 94.4 Å². The first-order chi connectivity index (χ1) is 17.7. The number of carbonyl (C=O) groups excluding carboxylic acids is 2. The summed E-state index contributed by atoms with van der Waals surface area (Å²) >= 11 is 0. The van der Waals surface area contributed by atoms with E-state index in [2.05, 4.69) is 11.4 Å². The van der Waals surface area contributed by atoms with Crippen LogP contribution in [0, 0.1) is 19.8 Å². The van der Waals surface area contributed by atoms with Crippen LogP contribution in [-0.4, -0.2) is 43.0 Å². The van der Waals surface area contributed by atoms with Gasteiger partial charge < -0.3 is 19.7 Å². The minimum Gasteiger partial charge on any atom is -0.497 e. The summed E-state index contributed by atoms with van der Waals surface area (Å²) in [5, 5.41) is 3.04. The van der Waals surface area contributed by atoms with Crippen LogP contribution in [0.15, 0.2) is 72.8 Å². The average molecular weight is 503 g/mol. The number of amides is 2. The largest absolute Gasteiger partial charge is 0.497 e. The number of nitrogens with one attached hydrogen (secondary N) is 1. The summed E-state index contributed by atoms with van der Waals surface area (Å²) in [6.07, 6.45) is 0.393. The van der Waals surface area contributed by atoms with Gasteiger partial charge in [-0.1, -0.05) is 62.4 Å². The Labute approximate surface area is 220 Å². The van der Waals surface area contributed by atoms with Gasteiger partial charge in [-0.05, 0) is 66.3 Å². The zero-order valence-electron chi connectivity index (χ0n) is 22.5. The zero-order valence-corrected chi connectivity index (χ0v) is 22.5. The molecule has 6 nitrogen and oxygen atoms in total. The van der Waals surface area contributed by atoms with E-state index in [9.17, 15) is 9.59 Å². The molecule has 0 spiro atoms. The van der Waals surface area contributed by atoms with E-state index in [4.69, 9.17) is 9.47 Å². The molecule has 196 valence electrons. The van der Waals surface area contributed by atoms with Crippen LogP contribution in [0.2, 0.25) is 0 Å². The Morgan fingerprint density at radius 1 is 0.865 bits per heavy atom. The molecular formula is C31H38N2O4. The molecule has 0 radical (unpaired) electrons. The highest BCUT2D eigenvalue weighted by Crippen LogP contribution is 2.20. The minimum absolute atomic E-state index is 0.171. The normalized spacial score (nSPS) is 11.6. The highest BCUT2D eigenvalue weighted by molar-refractivity contribution is 5.88. The molecule has 1 unspecified atom stereocenters. The minimum atomic E-state index is -0.706. The van der Waals surface area contributed by atoms with Gasteiger partial charge in [0.25, 0.3) is 5.91 Å². The molecule has 0 saturated carbocycles. The fourth-order valence-electron chi connectivity index (χ4n) is 4.19. The summed E-state index contributed by atoms with van der Waals surface area (Å²) in [7, 11) is 1.61. The maximum absolute atomic E-state index is 13.7. The van der Waals surface area contributed by atoms with E-state index in [0.717, 1.165) is 22.3 Å². The number of benzene rings is 3. The van der Waals surface area contributed by atoms with E-state index in [1.54, 1.807) is 12.0 Å². The first-order valence-corrected chi connectivity index (χ1v) is 12.7. The third-order valence-electron chi connectivity index (χ3n) is 6.00. The quantitative estimate of drug-likeness (QED) is 0.374. The van der Waals surface area contributed by atoms with E-state index >= 15 is 0 Å². The molecular weight excluding hydrogens is 464 g/mol. The fourth-order valence-corrected chi connectivity index (χ4v) is 4.19. The number of aryl methyl sites for hydroxylation is 2. The number of carbonyl (C=O) groups is 2. The first-order valence-electron chi connectivity index (χ1n) is 12.7. The molecule has 1 N–H and O–H groups in total. The van der Waals surface area contributed by atoms with Gasteiger partial charge in [-0.3, -0.25) is 9.59 Å². The fraction of sp³-hybridized carbons (Fsp3) is 0.355. The topological polar surface area (TPSA) is 67.9 Å². The SMILES string of the molecule is COc1cccc(CN(C(=O)COc2cc(C)cc(C)c2)C(Cc2ccccc2)C(=O)NCC(C)C)c1.